The summed E-state index contributed by atoms with van der Waals surface area (Å²) < 4.78 is 5.41. The first kappa shape index (κ1) is 18.0. The van der Waals surface area contributed by atoms with Crippen molar-refractivity contribution < 1.29 is 4.52 Å². The lowest BCUT2D eigenvalue weighted by molar-refractivity contribution is 0.102. The van der Waals surface area contributed by atoms with E-state index in [1.165, 1.54) is 23.1 Å². The van der Waals surface area contributed by atoms with Gasteiger partial charge in [-0.05, 0) is 58.1 Å². The molecule has 0 spiro atoms. The minimum atomic E-state index is 0. The Bertz CT molecular complexity index is 614. The third-order valence-electron chi connectivity index (χ3n) is 4.78. The zero-order valence-electron chi connectivity index (χ0n) is 14.5. The molecule has 1 aromatic heterocycles. The largest absolute Gasteiger partial charge is 0.356 e. The van der Waals surface area contributed by atoms with E-state index < -0.39 is 0 Å². The fourth-order valence-corrected chi connectivity index (χ4v) is 4.05. The molecule has 0 saturated carbocycles. The molecule has 3 nitrogen and oxygen atoms in total. The van der Waals surface area contributed by atoms with Crippen molar-refractivity contribution in [3.05, 3.63) is 41.6 Å². The molecule has 1 aliphatic carbocycles. The molecule has 1 unspecified atom stereocenters. The molecule has 3 rings (SSSR count). The summed E-state index contributed by atoms with van der Waals surface area (Å²) in [4.78, 5) is 2.65. The number of fused-ring (bicyclic) bond motifs is 1. The van der Waals surface area contributed by atoms with Crippen LogP contribution in [-0.4, -0.2) is 28.2 Å². The van der Waals surface area contributed by atoms with Crippen molar-refractivity contribution in [2.75, 3.05) is 0 Å². The van der Waals surface area contributed by atoms with Crippen LogP contribution in [0.2, 0.25) is 0 Å². The molecule has 1 heterocycles. The lowest BCUT2D eigenvalue weighted by Gasteiger charge is -2.41. The Kier molecular flexibility index (Phi) is 5.88. The van der Waals surface area contributed by atoms with Crippen LogP contribution < -0.4 is 0 Å². The molecule has 0 N–H and O–H groups in total. The maximum absolute atomic E-state index is 5.41. The fraction of sp³-hybridized carbons (Fsp3) is 0.526. The zero-order valence-corrected chi connectivity index (χ0v) is 15.3. The Balaban J connectivity index is 0.00000192. The van der Waals surface area contributed by atoms with Gasteiger partial charge in [-0.3, -0.25) is 4.90 Å². The van der Waals surface area contributed by atoms with Gasteiger partial charge in [0.1, 0.15) is 0 Å². The molecule has 0 radical (unpaired) electrons. The van der Waals surface area contributed by atoms with Crippen LogP contribution >= 0.6 is 12.4 Å². The average molecular weight is 335 g/mol. The summed E-state index contributed by atoms with van der Waals surface area (Å²) in [6.45, 7) is 9.21. The monoisotopic (exact) mass is 334 g/mol. The summed E-state index contributed by atoms with van der Waals surface area (Å²) in [5.41, 5.74) is 4.13. The fourth-order valence-electron chi connectivity index (χ4n) is 4.05. The zero-order chi connectivity index (χ0) is 15.7. The first-order valence-electron chi connectivity index (χ1n) is 8.37. The quantitative estimate of drug-likeness (QED) is 0.808. The summed E-state index contributed by atoms with van der Waals surface area (Å²) >= 11 is 0. The van der Waals surface area contributed by atoms with E-state index in [4.69, 9.17) is 4.52 Å². The van der Waals surface area contributed by atoms with E-state index in [2.05, 4.69) is 56.0 Å². The second-order valence-corrected chi connectivity index (χ2v) is 6.85. The van der Waals surface area contributed by atoms with E-state index in [0.717, 1.165) is 18.6 Å². The van der Waals surface area contributed by atoms with Crippen molar-refractivity contribution in [2.24, 2.45) is 0 Å². The molecule has 0 aliphatic heterocycles. The molecule has 0 saturated heterocycles. The number of benzene rings is 1. The van der Waals surface area contributed by atoms with Gasteiger partial charge in [0, 0.05) is 29.8 Å². The number of hydrogen-bond acceptors (Lipinski definition) is 3. The van der Waals surface area contributed by atoms with Gasteiger partial charge in [0.2, 0.25) is 0 Å². The highest BCUT2D eigenvalue weighted by molar-refractivity contribution is 5.85. The predicted molar refractivity (Wildman–Crippen MR) is 97.1 cm³/mol. The predicted octanol–water partition coefficient (Wildman–Crippen LogP) is 4.74. The smallest absolute Gasteiger partial charge is 0.167 e. The van der Waals surface area contributed by atoms with E-state index in [1.807, 2.05) is 6.07 Å². The number of hydrogen-bond donors (Lipinski definition) is 0. The summed E-state index contributed by atoms with van der Waals surface area (Å²) in [5, 5.41) is 3.87. The molecule has 1 atom stereocenters. The first-order chi connectivity index (χ1) is 10.6. The van der Waals surface area contributed by atoms with Gasteiger partial charge in [-0.15, -0.1) is 12.4 Å². The lowest BCUT2D eigenvalue weighted by atomic mass is 9.83. The molecule has 0 amide bonds. The van der Waals surface area contributed by atoms with E-state index >= 15 is 0 Å². The lowest BCUT2D eigenvalue weighted by Crippen LogP contribution is -2.47. The number of rotatable bonds is 4. The van der Waals surface area contributed by atoms with E-state index in [0.29, 0.717) is 18.1 Å². The van der Waals surface area contributed by atoms with Crippen LogP contribution in [0.5, 0.6) is 0 Å². The van der Waals surface area contributed by atoms with Crippen LogP contribution in [0.4, 0.5) is 0 Å². The summed E-state index contributed by atoms with van der Waals surface area (Å²) in [5.74, 6) is 0.887. The molecule has 2 aromatic rings. The van der Waals surface area contributed by atoms with Gasteiger partial charge in [0.15, 0.2) is 5.76 Å². The van der Waals surface area contributed by atoms with Gasteiger partial charge in [-0.25, -0.2) is 0 Å². The van der Waals surface area contributed by atoms with Crippen LogP contribution in [0.15, 0.2) is 35.0 Å². The molecular weight excluding hydrogens is 308 g/mol. The van der Waals surface area contributed by atoms with Crippen molar-refractivity contribution in [3.63, 3.8) is 0 Å². The molecule has 1 aromatic carbocycles. The number of nitrogens with zero attached hydrogens (tertiary/aromatic N) is 2. The Morgan fingerprint density at radius 3 is 2.48 bits per heavy atom. The highest BCUT2D eigenvalue weighted by Gasteiger charge is 2.29. The average Bonchev–Trinajstić information content (AvgIpc) is 3.00. The molecule has 4 heteroatoms. The van der Waals surface area contributed by atoms with Crippen molar-refractivity contribution in [3.8, 4) is 11.3 Å². The molecule has 0 bridgehead atoms. The first-order valence-corrected chi connectivity index (χ1v) is 8.37. The maximum atomic E-state index is 5.41. The van der Waals surface area contributed by atoms with Crippen LogP contribution in [0.3, 0.4) is 0 Å². The van der Waals surface area contributed by atoms with Gasteiger partial charge in [0.25, 0.3) is 0 Å². The van der Waals surface area contributed by atoms with E-state index in [9.17, 15) is 0 Å². The highest BCUT2D eigenvalue weighted by atomic mass is 35.5. The molecular formula is C19H27ClN2O. The molecule has 1 aliphatic rings. The Morgan fingerprint density at radius 1 is 1.13 bits per heavy atom. The Hall–Kier alpha value is -1.32. The van der Waals surface area contributed by atoms with Gasteiger partial charge < -0.3 is 4.52 Å². The second kappa shape index (κ2) is 7.50. The van der Waals surface area contributed by atoms with Gasteiger partial charge >= 0.3 is 0 Å². The van der Waals surface area contributed by atoms with Gasteiger partial charge in [0.05, 0.1) is 6.20 Å². The standard InChI is InChI=1S/C19H26N2O.ClH/c1-13(2)21(14(3)4)16-9-8-15-6-5-7-17(18(15)12-16)19-10-11-20-22-19;/h5-7,10-11,13-14,16H,8-9,12H2,1-4H3;1H. The summed E-state index contributed by atoms with van der Waals surface area (Å²) in [6, 6.07) is 10.3. The van der Waals surface area contributed by atoms with E-state index in [-0.39, 0.29) is 12.4 Å². The Labute approximate surface area is 145 Å². The normalized spacial score (nSPS) is 17.4. The van der Waals surface area contributed by atoms with Crippen molar-refractivity contribution in [2.45, 2.75) is 65.1 Å². The third-order valence-corrected chi connectivity index (χ3v) is 4.78. The van der Waals surface area contributed by atoms with E-state index in [1.54, 1.807) is 6.20 Å². The Morgan fingerprint density at radius 2 is 1.87 bits per heavy atom. The van der Waals surface area contributed by atoms with Crippen molar-refractivity contribution in [1.82, 2.24) is 10.1 Å². The maximum Gasteiger partial charge on any atom is 0.167 e. The van der Waals surface area contributed by atoms with Crippen LogP contribution in [0.1, 0.15) is 45.2 Å². The minimum Gasteiger partial charge on any atom is -0.356 e. The number of halogens is 1. The molecule has 23 heavy (non-hydrogen) atoms. The number of aryl methyl sites for hydroxylation is 1. The topological polar surface area (TPSA) is 29.3 Å². The number of aromatic nitrogens is 1. The van der Waals surface area contributed by atoms with Crippen LogP contribution in [0, 0.1) is 0 Å². The minimum absolute atomic E-state index is 0. The summed E-state index contributed by atoms with van der Waals surface area (Å²) in [6.07, 6.45) is 5.22. The highest BCUT2D eigenvalue weighted by Crippen LogP contribution is 2.34. The van der Waals surface area contributed by atoms with Crippen LogP contribution in [0.25, 0.3) is 11.3 Å². The third kappa shape index (κ3) is 3.61. The van der Waals surface area contributed by atoms with Crippen LogP contribution in [-0.2, 0) is 12.8 Å². The van der Waals surface area contributed by atoms with Gasteiger partial charge in [-0.1, -0.05) is 23.4 Å². The summed E-state index contributed by atoms with van der Waals surface area (Å²) in [7, 11) is 0. The van der Waals surface area contributed by atoms with Crippen molar-refractivity contribution in [1.29, 1.82) is 0 Å². The second-order valence-electron chi connectivity index (χ2n) is 6.85. The van der Waals surface area contributed by atoms with Gasteiger partial charge in [-0.2, -0.15) is 0 Å². The SMILES string of the molecule is CC(C)N(C(C)C)C1CCc2cccc(-c3ccno3)c2C1.Cl. The molecule has 126 valence electrons. The van der Waals surface area contributed by atoms with Crippen molar-refractivity contribution >= 4 is 12.4 Å². The molecule has 0 fully saturated rings.